The monoisotopic (exact) mass is 282 g/mol. The second-order valence-corrected chi connectivity index (χ2v) is 6.92. The predicted octanol–water partition coefficient (Wildman–Crippen LogP) is 4.04. The van der Waals surface area contributed by atoms with Gasteiger partial charge in [-0.2, -0.15) is 0 Å². The second kappa shape index (κ2) is 4.94. The van der Waals surface area contributed by atoms with Crippen LogP contribution in [0.15, 0.2) is 59.5 Å². The summed E-state index contributed by atoms with van der Waals surface area (Å²) in [6.07, 6.45) is 0.936. The summed E-state index contributed by atoms with van der Waals surface area (Å²) in [5.41, 5.74) is 2.74. The molecule has 1 heterocycles. The van der Waals surface area contributed by atoms with E-state index in [1.54, 1.807) is 0 Å². The van der Waals surface area contributed by atoms with E-state index in [2.05, 4.69) is 54.6 Å². The molecule has 4 unspecified atom stereocenters. The van der Waals surface area contributed by atoms with Gasteiger partial charge in [0, 0.05) is 16.6 Å². The van der Waals surface area contributed by atoms with Crippen LogP contribution in [0.1, 0.15) is 29.4 Å². The van der Waals surface area contributed by atoms with Crippen LogP contribution >= 0.6 is 11.8 Å². The van der Waals surface area contributed by atoms with Crippen molar-refractivity contribution in [2.45, 2.75) is 29.3 Å². The highest BCUT2D eigenvalue weighted by Gasteiger charge is 2.47. The Labute approximate surface area is 124 Å². The number of hydrogen-bond donors (Lipinski definition) is 1. The zero-order chi connectivity index (χ0) is 13.5. The van der Waals surface area contributed by atoms with Crippen LogP contribution in [0, 0.1) is 5.92 Å². The number of thioether (sulfide) groups is 1. The zero-order valence-electron chi connectivity index (χ0n) is 11.3. The second-order valence-electron chi connectivity index (χ2n) is 5.86. The molecule has 0 spiro atoms. The first-order chi connectivity index (χ1) is 9.84. The van der Waals surface area contributed by atoms with E-state index in [4.69, 9.17) is 0 Å². The van der Waals surface area contributed by atoms with Crippen LogP contribution in [-0.4, -0.2) is 17.0 Å². The highest BCUT2D eigenvalue weighted by molar-refractivity contribution is 7.99. The van der Waals surface area contributed by atoms with E-state index >= 15 is 0 Å². The topological polar surface area (TPSA) is 20.2 Å². The predicted molar refractivity (Wildman–Crippen MR) is 83.2 cm³/mol. The van der Waals surface area contributed by atoms with E-state index in [1.165, 1.54) is 16.0 Å². The number of fused-ring (bicyclic) bond motifs is 1. The van der Waals surface area contributed by atoms with Gasteiger partial charge >= 0.3 is 0 Å². The lowest BCUT2D eigenvalue weighted by molar-refractivity contribution is 0.126. The van der Waals surface area contributed by atoms with Gasteiger partial charge in [0.1, 0.15) is 0 Å². The summed E-state index contributed by atoms with van der Waals surface area (Å²) >= 11 is 1.89. The molecule has 0 radical (unpaired) electrons. The maximum atomic E-state index is 10.8. The molecule has 4 atom stereocenters. The molecule has 0 aromatic heterocycles. The molecule has 2 aromatic rings. The average molecular weight is 282 g/mol. The van der Waals surface area contributed by atoms with Gasteiger partial charge in [0.2, 0.25) is 0 Å². The van der Waals surface area contributed by atoms with Crippen molar-refractivity contribution in [1.29, 1.82) is 0 Å². The van der Waals surface area contributed by atoms with Gasteiger partial charge in [-0.1, -0.05) is 48.5 Å². The Balaban J connectivity index is 1.52. The van der Waals surface area contributed by atoms with Crippen molar-refractivity contribution < 1.29 is 5.11 Å². The van der Waals surface area contributed by atoms with Crippen molar-refractivity contribution in [2.75, 3.05) is 5.75 Å². The van der Waals surface area contributed by atoms with Crippen molar-refractivity contribution >= 4 is 11.8 Å². The van der Waals surface area contributed by atoms with E-state index in [1.807, 2.05) is 11.8 Å². The normalized spacial score (nSPS) is 28.9. The van der Waals surface area contributed by atoms with E-state index in [-0.39, 0.29) is 6.10 Å². The molecule has 1 nitrogen and oxygen atoms in total. The molecule has 1 fully saturated rings. The van der Waals surface area contributed by atoms with Gasteiger partial charge in [0.05, 0.1) is 6.10 Å². The molecule has 0 amide bonds. The summed E-state index contributed by atoms with van der Waals surface area (Å²) in [7, 11) is 0. The third-order valence-corrected chi connectivity index (χ3v) is 5.86. The maximum absolute atomic E-state index is 10.8. The minimum Gasteiger partial charge on any atom is -0.392 e. The van der Waals surface area contributed by atoms with Crippen molar-refractivity contribution in [3.63, 3.8) is 0 Å². The first-order valence-corrected chi connectivity index (χ1v) is 8.28. The molecule has 1 N–H and O–H groups in total. The highest BCUT2D eigenvalue weighted by Crippen LogP contribution is 2.54. The van der Waals surface area contributed by atoms with E-state index < -0.39 is 0 Å². The van der Waals surface area contributed by atoms with Crippen LogP contribution in [0.3, 0.4) is 0 Å². The summed E-state index contributed by atoms with van der Waals surface area (Å²) in [4.78, 5) is 1.36. The molecule has 20 heavy (non-hydrogen) atoms. The highest BCUT2D eigenvalue weighted by atomic mass is 32.2. The SMILES string of the molecule is OC(C1CSc2ccccc21)C1CC1c1ccccc1. The van der Waals surface area contributed by atoms with Gasteiger partial charge in [0.15, 0.2) is 0 Å². The van der Waals surface area contributed by atoms with Gasteiger partial charge in [-0.25, -0.2) is 0 Å². The lowest BCUT2D eigenvalue weighted by atomic mass is 9.91. The van der Waals surface area contributed by atoms with Crippen LogP contribution in [-0.2, 0) is 0 Å². The van der Waals surface area contributed by atoms with Gasteiger partial charge in [-0.15, -0.1) is 11.8 Å². The fourth-order valence-corrected chi connectivity index (χ4v) is 4.74. The molecule has 2 aromatic carbocycles. The Kier molecular flexibility index (Phi) is 3.08. The zero-order valence-corrected chi connectivity index (χ0v) is 12.1. The third kappa shape index (κ3) is 2.07. The fraction of sp³-hybridized carbons (Fsp3) is 0.333. The van der Waals surface area contributed by atoms with Crippen molar-refractivity contribution in [3.8, 4) is 0 Å². The lowest BCUT2D eigenvalue weighted by Gasteiger charge is -2.18. The third-order valence-electron chi connectivity index (χ3n) is 4.66. The lowest BCUT2D eigenvalue weighted by Crippen LogP contribution is -2.21. The van der Waals surface area contributed by atoms with Gasteiger partial charge < -0.3 is 5.11 Å². The van der Waals surface area contributed by atoms with Crippen LogP contribution in [0.2, 0.25) is 0 Å². The molecule has 1 aliphatic carbocycles. The number of benzene rings is 2. The van der Waals surface area contributed by atoms with Crippen LogP contribution in [0.4, 0.5) is 0 Å². The summed E-state index contributed by atoms with van der Waals surface area (Å²) in [6.45, 7) is 0. The number of rotatable bonds is 3. The van der Waals surface area contributed by atoms with E-state index in [0.29, 0.717) is 17.8 Å². The minimum atomic E-state index is -0.198. The maximum Gasteiger partial charge on any atom is 0.0651 e. The quantitative estimate of drug-likeness (QED) is 0.917. The first-order valence-electron chi connectivity index (χ1n) is 7.29. The Bertz CT molecular complexity index is 610. The number of aliphatic hydroxyl groups is 1. The largest absolute Gasteiger partial charge is 0.392 e. The molecule has 0 bridgehead atoms. The molecule has 4 rings (SSSR count). The Morgan fingerprint density at radius 3 is 2.60 bits per heavy atom. The Morgan fingerprint density at radius 1 is 1.00 bits per heavy atom. The summed E-state index contributed by atoms with van der Waals surface area (Å²) < 4.78 is 0. The molecule has 1 aliphatic heterocycles. The minimum absolute atomic E-state index is 0.198. The first kappa shape index (κ1) is 12.5. The molecule has 1 saturated carbocycles. The number of hydrogen-bond acceptors (Lipinski definition) is 2. The fourth-order valence-electron chi connectivity index (χ4n) is 3.44. The van der Waals surface area contributed by atoms with Gasteiger partial charge in [-0.3, -0.25) is 0 Å². The molecule has 102 valence electrons. The molecular formula is C18H18OS. The van der Waals surface area contributed by atoms with Crippen molar-refractivity contribution in [1.82, 2.24) is 0 Å². The molecular weight excluding hydrogens is 264 g/mol. The average Bonchev–Trinajstić information content (AvgIpc) is 3.20. The molecule has 0 saturated heterocycles. The van der Waals surface area contributed by atoms with E-state index in [9.17, 15) is 5.11 Å². The van der Waals surface area contributed by atoms with Crippen LogP contribution in [0.5, 0.6) is 0 Å². The molecule has 2 heteroatoms. The smallest absolute Gasteiger partial charge is 0.0651 e. The van der Waals surface area contributed by atoms with Crippen LogP contribution in [0.25, 0.3) is 0 Å². The van der Waals surface area contributed by atoms with Crippen molar-refractivity contribution in [3.05, 3.63) is 65.7 Å². The van der Waals surface area contributed by atoms with Gasteiger partial charge in [0.25, 0.3) is 0 Å². The number of aliphatic hydroxyl groups excluding tert-OH is 1. The summed E-state index contributed by atoms with van der Waals surface area (Å²) in [5.74, 6) is 2.34. The van der Waals surface area contributed by atoms with E-state index in [0.717, 1.165) is 12.2 Å². The van der Waals surface area contributed by atoms with Crippen LogP contribution < -0.4 is 0 Å². The Morgan fingerprint density at radius 2 is 1.75 bits per heavy atom. The standard InChI is InChI=1S/C18H18OS/c19-18(15-10-14(15)12-6-2-1-3-7-12)16-11-20-17-9-5-4-8-13(16)17/h1-9,14-16,18-19H,10-11H2. The molecule has 2 aliphatic rings. The summed E-state index contributed by atoms with van der Waals surface area (Å²) in [6, 6.07) is 19.2. The summed E-state index contributed by atoms with van der Waals surface area (Å²) in [5, 5.41) is 10.8. The Hall–Kier alpha value is -1.25. The van der Waals surface area contributed by atoms with Gasteiger partial charge in [-0.05, 0) is 35.4 Å². The van der Waals surface area contributed by atoms with Crippen molar-refractivity contribution in [2.24, 2.45) is 5.92 Å².